The van der Waals surface area contributed by atoms with E-state index in [2.05, 4.69) is 35.5 Å². The van der Waals surface area contributed by atoms with Crippen LogP contribution in [0.2, 0.25) is 0 Å². The molecule has 3 rings (SSSR count). The van der Waals surface area contributed by atoms with Crippen molar-refractivity contribution in [3.63, 3.8) is 0 Å². The minimum absolute atomic E-state index is 0.00505. The molecule has 166 valence electrons. The van der Waals surface area contributed by atoms with Gasteiger partial charge in [-0.05, 0) is 33.9 Å². The molecule has 2 aromatic heterocycles. The zero-order chi connectivity index (χ0) is 22.1. The van der Waals surface area contributed by atoms with Gasteiger partial charge in [-0.1, -0.05) is 0 Å². The predicted octanol–water partition coefficient (Wildman–Crippen LogP) is 1.81. The van der Waals surface area contributed by atoms with Crippen LogP contribution in [-0.2, 0) is 9.53 Å². The molecule has 11 heteroatoms. The van der Waals surface area contributed by atoms with Crippen molar-refractivity contribution in [3.8, 4) is 5.88 Å². The summed E-state index contributed by atoms with van der Waals surface area (Å²) in [6.45, 7) is 9.59. The van der Waals surface area contributed by atoms with Crippen molar-refractivity contribution in [2.24, 2.45) is 0 Å². The van der Waals surface area contributed by atoms with Crippen LogP contribution in [0.3, 0.4) is 0 Å². The van der Waals surface area contributed by atoms with Crippen LogP contribution in [0.15, 0.2) is 18.6 Å². The molecule has 0 unspecified atom stereocenters. The Morgan fingerprint density at radius 1 is 1.27 bits per heavy atom. The van der Waals surface area contributed by atoms with Gasteiger partial charge in [-0.25, -0.2) is 19.1 Å². The Morgan fingerprint density at radius 3 is 2.57 bits per heavy atom. The summed E-state index contributed by atoms with van der Waals surface area (Å²) in [6.07, 6.45) is 3.60. The van der Waals surface area contributed by atoms with Crippen LogP contribution < -0.4 is 10.1 Å². The van der Waals surface area contributed by atoms with E-state index in [1.54, 1.807) is 46.3 Å². The van der Waals surface area contributed by atoms with Crippen molar-refractivity contribution >= 4 is 35.5 Å². The molecule has 1 aliphatic rings. The first-order chi connectivity index (χ1) is 14.2. The fraction of sp³-hybridized carbons (Fsp3) is 0.579. The fourth-order valence-corrected chi connectivity index (χ4v) is 3.48. The fourth-order valence-electron chi connectivity index (χ4n) is 2.57. The van der Waals surface area contributed by atoms with Gasteiger partial charge in [0, 0.05) is 44.5 Å². The highest BCUT2D eigenvalue weighted by atomic mass is 32.2. The summed E-state index contributed by atoms with van der Waals surface area (Å²) in [5, 5.41) is 3.21. The molecule has 1 amide bonds. The predicted molar refractivity (Wildman–Crippen MR) is 116 cm³/mol. The maximum absolute atomic E-state index is 10.7. The molecule has 1 saturated heterocycles. The lowest BCUT2D eigenvalue weighted by Gasteiger charge is -2.31. The first-order valence-electron chi connectivity index (χ1n) is 9.62. The number of methoxy groups -OCH3 is 1. The topological polar surface area (TPSA) is 102 Å². The average Bonchev–Trinajstić information content (AvgIpc) is 3.10. The third-order valence-corrected chi connectivity index (χ3v) is 5.07. The summed E-state index contributed by atoms with van der Waals surface area (Å²) in [5.41, 5.74) is 0.392. The second-order valence-electron chi connectivity index (χ2n) is 7.63. The van der Waals surface area contributed by atoms with E-state index in [4.69, 9.17) is 9.47 Å². The maximum atomic E-state index is 10.7. The van der Waals surface area contributed by atoms with E-state index in [0.717, 1.165) is 37.2 Å². The number of rotatable bonds is 5. The number of hydrogen-bond acceptors (Lipinski definition) is 9. The molecular weight excluding hydrogens is 408 g/mol. The Morgan fingerprint density at radius 2 is 1.97 bits per heavy atom. The summed E-state index contributed by atoms with van der Waals surface area (Å²) in [5.74, 6) is 0.628. The van der Waals surface area contributed by atoms with Crippen LogP contribution in [0.25, 0.3) is 11.0 Å². The lowest BCUT2D eigenvalue weighted by molar-refractivity contribution is -0.107. The molecule has 1 fully saturated rings. The van der Waals surface area contributed by atoms with Gasteiger partial charge in [0.1, 0.15) is 18.2 Å². The van der Waals surface area contributed by atoms with E-state index in [1.165, 1.54) is 0 Å². The van der Waals surface area contributed by atoms with Gasteiger partial charge in [-0.15, -0.1) is 0 Å². The largest absolute Gasteiger partial charge is 0.480 e. The summed E-state index contributed by atoms with van der Waals surface area (Å²) in [6, 6.07) is 2.00. The molecule has 0 spiro atoms. The number of carbonyl (C=O) groups is 2. The average molecular weight is 439 g/mol. The standard InChI is InChI=1S/C12H17N5OS.C7H13NO3/c1-15-5-7-16(8-6-15)19-17-4-3-10-11(17)13-9-14-12(10)18-2;1-7(2,3)11-6(10)8-4-5-9/h3-4,9H,5-8H2,1-2H3;5H,4H2,1-3H3,(H,8,10). The molecule has 1 N–H and O–H groups in total. The Hall–Kier alpha value is -2.37. The van der Waals surface area contributed by atoms with Crippen molar-refractivity contribution in [1.82, 2.24) is 28.5 Å². The molecule has 3 heterocycles. The number of hydrogen-bond donors (Lipinski definition) is 1. The smallest absolute Gasteiger partial charge is 0.408 e. The number of fused-ring (bicyclic) bond motifs is 1. The SMILES string of the molecule is CC(C)(C)OC(=O)NCC=O.COc1ncnc2c1ccn2SN1CCN(C)CC1. The van der Waals surface area contributed by atoms with E-state index < -0.39 is 11.7 Å². The summed E-state index contributed by atoms with van der Waals surface area (Å²) in [4.78, 5) is 31.3. The third-order valence-electron chi connectivity index (χ3n) is 4.00. The van der Waals surface area contributed by atoms with E-state index in [9.17, 15) is 9.59 Å². The minimum atomic E-state index is -0.565. The lowest BCUT2D eigenvalue weighted by atomic mass is 10.2. The van der Waals surface area contributed by atoms with Gasteiger partial charge < -0.3 is 24.5 Å². The quantitative estimate of drug-likeness (QED) is 0.553. The van der Waals surface area contributed by atoms with E-state index in [-0.39, 0.29) is 6.54 Å². The van der Waals surface area contributed by atoms with E-state index in [1.807, 2.05) is 12.3 Å². The van der Waals surface area contributed by atoms with Crippen molar-refractivity contribution in [3.05, 3.63) is 18.6 Å². The van der Waals surface area contributed by atoms with Gasteiger partial charge in [0.2, 0.25) is 5.88 Å². The molecule has 10 nitrogen and oxygen atoms in total. The number of aldehydes is 1. The normalized spacial score (nSPS) is 15.2. The number of piperazine rings is 1. The number of nitrogens with one attached hydrogen (secondary N) is 1. The minimum Gasteiger partial charge on any atom is -0.480 e. The Bertz CT molecular complexity index is 830. The number of ether oxygens (including phenoxy) is 2. The summed E-state index contributed by atoms with van der Waals surface area (Å²) >= 11 is 1.70. The molecule has 0 radical (unpaired) electrons. The van der Waals surface area contributed by atoms with Crippen molar-refractivity contribution in [1.29, 1.82) is 0 Å². The van der Waals surface area contributed by atoms with Gasteiger partial charge in [0.25, 0.3) is 0 Å². The molecule has 1 aliphatic heterocycles. The van der Waals surface area contributed by atoms with Crippen LogP contribution >= 0.6 is 12.1 Å². The highest BCUT2D eigenvalue weighted by molar-refractivity contribution is 7.95. The Kier molecular flexibility index (Phi) is 8.88. The molecule has 0 aromatic carbocycles. The first kappa shape index (κ1) is 23.9. The molecule has 0 atom stereocenters. The number of likely N-dealkylation sites (N-methyl/N-ethyl adjacent to an activating group) is 1. The number of alkyl carbamates (subject to hydrolysis) is 1. The second-order valence-corrected chi connectivity index (χ2v) is 8.70. The number of aromatic nitrogens is 3. The highest BCUT2D eigenvalue weighted by Crippen LogP contribution is 2.26. The van der Waals surface area contributed by atoms with Crippen LogP contribution in [0.5, 0.6) is 5.88 Å². The molecule has 0 bridgehead atoms. The molecule has 30 heavy (non-hydrogen) atoms. The van der Waals surface area contributed by atoms with Gasteiger partial charge in [-0.2, -0.15) is 0 Å². The van der Waals surface area contributed by atoms with Crippen LogP contribution in [0.4, 0.5) is 4.79 Å². The van der Waals surface area contributed by atoms with Gasteiger partial charge in [-0.3, -0.25) is 3.97 Å². The van der Waals surface area contributed by atoms with Crippen molar-refractivity contribution in [2.75, 3.05) is 46.9 Å². The van der Waals surface area contributed by atoms with Crippen LogP contribution in [0, 0.1) is 0 Å². The van der Waals surface area contributed by atoms with Gasteiger partial charge >= 0.3 is 6.09 Å². The van der Waals surface area contributed by atoms with Gasteiger partial charge in [0.15, 0.2) is 5.65 Å². The number of nitrogens with zero attached hydrogens (tertiary/aromatic N) is 5. The zero-order valence-electron chi connectivity index (χ0n) is 18.1. The van der Waals surface area contributed by atoms with Gasteiger partial charge in [0.05, 0.1) is 19.0 Å². The lowest BCUT2D eigenvalue weighted by Crippen LogP contribution is -2.41. The highest BCUT2D eigenvalue weighted by Gasteiger charge is 2.17. The first-order valence-corrected chi connectivity index (χ1v) is 10.3. The molecular formula is C19H30N6O4S. The molecule has 0 aliphatic carbocycles. The number of carbonyl (C=O) groups excluding carboxylic acids is 2. The van der Waals surface area contributed by atoms with Crippen LogP contribution in [0.1, 0.15) is 20.8 Å². The Balaban J connectivity index is 0.000000252. The summed E-state index contributed by atoms with van der Waals surface area (Å²) < 4.78 is 14.5. The summed E-state index contributed by atoms with van der Waals surface area (Å²) in [7, 11) is 3.79. The van der Waals surface area contributed by atoms with E-state index in [0.29, 0.717) is 12.2 Å². The zero-order valence-corrected chi connectivity index (χ0v) is 18.9. The van der Waals surface area contributed by atoms with Crippen molar-refractivity contribution in [2.45, 2.75) is 26.4 Å². The monoisotopic (exact) mass is 438 g/mol. The second kappa shape index (κ2) is 11.1. The molecule has 2 aromatic rings. The van der Waals surface area contributed by atoms with Crippen molar-refractivity contribution < 1.29 is 19.1 Å². The third kappa shape index (κ3) is 7.47. The van der Waals surface area contributed by atoms with E-state index >= 15 is 0 Å². The Labute approximate surface area is 181 Å². The number of amides is 1. The molecule has 0 saturated carbocycles. The maximum Gasteiger partial charge on any atom is 0.408 e. The van der Waals surface area contributed by atoms with Crippen LogP contribution in [-0.4, -0.2) is 88.0 Å².